The third kappa shape index (κ3) is 5.21. The Labute approximate surface area is 120 Å². The van der Waals surface area contributed by atoms with Crippen LogP contribution in [0.25, 0.3) is 0 Å². The number of amides is 1. The van der Waals surface area contributed by atoms with Gasteiger partial charge in [0.2, 0.25) is 5.91 Å². The van der Waals surface area contributed by atoms with Crippen LogP contribution in [0.2, 0.25) is 0 Å². The second-order valence-electron chi connectivity index (χ2n) is 4.45. The maximum atomic E-state index is 11.6. The van der Waals surface area contributed by atoms with E-state index >= 15 is 0 Å². The van der Waals surface area contributed by atoms with Crippen LogP contribution < -0.4 is 10.6 Å². The molecule has 0 radical (unpaired) electrons. The summed E-state index contributed by atoms with van der Waals surface area (Å²) in [4.78, 5) is 11.7. The van der Waals surface area contributed by atoms with Crippen molar-refractivity contribution in [1.82, 2.24) is 5.32 Å². The molecule has 0 aliphatic heterocycles. The molecule has 0 aromatic heterocycles. The van der Waals surface area contributed by atoms with Gasteiger partial charge in [0.15, 0.2) is 9.84 Å². The minimum Gasteiger partial charge on any atom is -0.385 e. The van der Waals surface area contributed by atoms with Gasteiger partial charge < -0.3 is 10.6 Å². The minimum absolute atomic E-state index is 0.0181. The summed E-state index contributed by atoms with van der Waals surface area (Å²) < 4.78 is 23.3. The monoisotopic (exact) mass is 298 g/mol. The molecule has 0 unspecified atom stereocenters. The van der Waals surface area contributed by atoms with Gasteiger partial charge in [0.1, 0.15) is 0 Å². The average Bonchev–Trinajstić information content (AvgIpc) is 2.45. The highest BCUT2D eigenvalue weighted by molar-refractivity contribution is 7.91. The van der Waals surface area contributed by atoms with Crippen molar-refractivity contribution in [2.24, 2.45) is 0 Å². The molecule has 0 saturated carbocycles. The smallest absolute Gasteiger partial charge is 0.221 e. The van der Waals surface area contributed by atoms with Crippen molar-refractivity contribution in [3.05, 3.63) is 24.3 Å². The Bertz CT molecular complexity index is 524. The lowest BCUT2D eigenvalue weighted by atomic mass is 10.3. The maximum absolute atomic E-state index is 11.6. The van der Waals surface area contributed by atoms with E-state index in [-0.39, 0.29) is 11.7 Å². The minimum atomic E-state index is -3.15. The van der Waals surface area contributed by atoms with Crippen LogP contribution in [0, 0.1) is 0 Å². The first-order chi connectivity index (χ1) is 9.49. The fourth-order valence-electron chi connectivity index (χ4n) is 1.62. The molecule has 0 saturated heterocycles. The zero-order chi connectivity index (χ0) is 15.0. The zero-order valence-corrected chi connectivity index (χ0v) is 12.8. The molecule has 0 atom stereocenters. The molecule has 0 aliphatic rings. The Kier molecular flexibility index (Phi) is 6.51. The van der Waals surface area contributed by atoms with Gasteiger partial charge >= 0.3 is 0 Å². The van der Waals surface area contributed by atoms with Crippen LogP contribution in [0.15, 0.2) is 29.2 Å². The number of hydrogen-bond acceptors (Lipinski definition) is 4. The number of sulfone groups is 1. The van der Waals surface area contributed by atoms with E-state index in [1.54, 1.807) is 31.2 Å². The van der Waals surface area contributed by atoms with Gasteiger partial charge in [-0.2, -0.15) is 0 Å². The van der Waals surface area contributed by atoms with Crippen molar-refractivity contribution in [3.63, 3.8) is 0 Å². The summed E-state index contributed by atoms with van der Waals surface area (Å²) in [7, 11) is -3.15. The van der Waals surface area contributed by atoms with Gasteiger partial charge in [-0.15, -0.1) is 0 Å². The largest absolute Gasteiger partial charge is 0.385 e. The number of nitrogens with one attached hydrogen (secondary N) is 2. The van der Waals surface area contributed by atoms with E-state index in [1.807, 2.05) is 6.92 Å². The highest BCUT2D eigenvalue weighted by atomic mass is 32.2. The molecule has 1 aromatic rings. The van der Waals surface area contributed by atoms with Crippen molar-refractivity contribution in [2.75, 3.05) is 24.2 Å². The van der Waals surface area contributed by atoms with Crippen LogP contribution in [-0.4, -0.2) is 33.2 Å². The molecule has 1 rings (SSSR count). The Morgan fingerprint density at radius 3 is 2.30 bits per heavy atom. The predicted octanol–water partition coefficient (Wildman–Crippen LogP) is 1.81. The molecule has 5 nitrogen and oxygen atoms in total. The van der Waals surface area contributed by atoms with E-state index in [0.717, 1.165) is 12.1 Å². The Balaban J connectivity index is 2.45. The van der Waals surface area contributed by atoms with Gasteiger partial charge in [-0.3, -0.25) is 4.79 Å². The van der Waals surface area contributed by atoms with Crippen LogP contribution in [-0.2, 0) is 14.6 Å². The lowest BCUT2D eigenvalue weighted by molar-refractivity contribution is -0.120. The molecular weight excluding hydrogens is 276 g/mol. The summed E-state index contributed by atoms with van der Waals surface area (Å²) in [6.45, 7) is 4.85. The van der Waals surface area contributed by atoms with Crippen molar-refractivity contribution in [1.29, 1.82) is 0 Å². The molecule has 0 heterocycles. The standard InChI is InChI=1S/C14H22N2O3S/c1-3-10-16-14(17)9-11-15-12-5-7-13(8-6-12)20(18,19)4-2/h5-8,15H,3-4,9-11H2,1-2H3,(H,16,17). The molecule has 6 heteroatoms. The summed E-state index contributed by atoms with van der Waals surface area (Å²) >= 11 is 0. The van der Waals surface area contributed by atoms with Gasteiger partial charge in [-0.25, -0.2) is 8.42 Å². The van der Waals surface area contributed by atoms with Gasteiger partial charge in [0.25, 0.3) is 0 Å². The molecule has 2 N–H and O–H groups in total. The SMILES string of the molecule is CCCNC(=O)CCNc1ccc(S(=O)(=O)CC)cc1. The number of rotatable bonds is 8. The summed E-state index contributed by atoms with van der Waals surface area (Å²) in [6, 6.07) is 6.59. The topological polar surface area (TPSA) is 75.3 Å². The number of anilines is 1. The molecule has 0 aliphatic carbocycles. The van der Waals surface area contributed by atoms with Crippen LogP contribution in [0.4, 0.5) is 5.69 Å². The Hall–Kier alpha value is -1.56. The summed E-state index contributed by atoms with van der Waals surface area (Å²) in [5, 5.41) is 5.89. The van der Waals surface area contributed by atoms with E-state index in [1.165, 1.54) is 0 Å². The lowest BCUT2D eigenvalue weighted by Gasteiger charge is -2.08. The molecule has 20 heavy (non-hydrogen) atoms. The first-order valence-corrected chi connectivity index (χ1v) is 8.48. The third-order valence-corrected chi connectivity index (χ3v) is 4.60. The summed E-state index contributed by atoms with van der Waals surface area (Å²) in [6.07, 6.45) is 1.32. The normalized spacial score (nSPS) is 11.1. The van der Waals surface area contributed by atoms with Gasteiger partial charge in [0, 0.05) is 25.2 Å². The fourth-order valence-corrected chi connectivity index (χ4v) is 2.50. The van der Waals surface area contributed by atoms with Crippen LogP contribution in [0.3, 0.4) is 0 Å². The van der Waals surface area contributed by atoms with E-state index < -0.39 is 9.84 Å². The second-order valence-corrected chi connectivity index (χ2v) is 6.73. The van der Waals surface area contributed by atoms with Crippen molar-refractivity contribution in [2.45, 2.75) is 31.6 Å². The van der Waals surface area contributed by atoms with Crippen LogP contribution in [0.1, 0.15) is 26.7 Å². The average molecular weight is 298 g/mol. The quantitative estimate of drug-likeness (QED) is 0.767. The maximum Gasteiger partial charge on any atom is 0.221 e. The molecule has 0 bridgehead atoms. The van der Waals surface area contributed by atoms with Gasteiger partial charge in [0.05, 0.1) is 10.6 Å². The molecule has 1 aromatic carbocycles. The van der Waals surface area contributed by atoms with E-state index in [4.69, 9.17) is 0 Å². The number of carbonyl (C=O) groups is 1. The highest BCUT2D eigenvalue weighted by Gasteiger charge is 2.10. The van der Waals surface area contributed by atoms with Crippen molar-refractivity contribution in [3.8, 4) is 0 Å². The third-order valence-electron chi connectivity index (χ3n) is 2.85. The van der Waals surface area contributed by atoms with E-state index in [2.05, 4.69) is 10.6 Å². The van der Waals surface area contributed by atoms with Crippen molar-refractivity contribution >= 4 is 21.4 Å². The van der Waals surface area contributed by atoms with E-state index in [9.17, 15) is 13.2 Å². The first-order valence-electron chi connectivity index (χ1n) is 6.83. The number of carbonyl (C=O) groups excluding carboxylic acids is 1. The second kappa shape index (κ2) is 7.89. The van der Waals surface area contributed by atoms with E-state index in [0.29, 0.717) is 24.4 Å². The Morgan fingerprint density at radius 2 is 1.75 bits per heavy atom. The van der Waals surface area contributed by atoms with Crippen molar-refractivity contribution < 1.29 is 13.2 Å². The predicted molar refractivity (Wildman–Crippen MR) is 80.6 cm³/mol. The Morgan fingerprint density at radius 1 is 1.10 bits per heavy atom. The van der Waals surface area contributed by atoms with Crippen LogP contribution >= 0.6 is 0 Å². The first kappa shape index (κ1) is 16.5. The summed E-state index contributed by atoms with van der Waals surface area (Å²) in [5.74, 6) is 0.113. The highest BCUT2D eigenvalue weighted by Crippen LogP contribution is 2.15. The fraction of sp³-hybridized carbons (Fsp3) is 0.500. The summed E-state index contributed by atoms with van der Waals surface area (Å²) in [5.41, 5.74) is 0.809. The van der Waals surface area contributed by atoms with Crippen LogP contribution in [0.5, 0.6) is 0 Å². The lowest BCUT2D eigenvalue weighted by Crippen LogP contribution is -2.25. The molecule has 1 amide bonds. The zero-order valence-electron chi connectivity index (χ0n) is 12.0. The number of hydrogen-bond donors (Lipinski definition) is 2. The number of benzene rings is 1. The molecular formula is C14H22N2O3S. The molecule has 0 spiro atoms. The van der Waals surface area contributed by atoms with Gasteiger partial charge in [-0.1, -0.05) is 13.8 Å². The van der Waals surface area contributed by atoms with Gasteiger partial charge in [-0.05, 0) is 30.7 Å². The molecule has 112 valence electrons. The molecule has 0 fully saturated rings.